The Balaban J connectivity index is 0.000000136. The van der Waals surface area contributed by atoms with Crippen molar-refractivity contribution in [1.29, 1.82) is 0 Å². The lowest BCUT2D eigenvalue weighted by atomic mass is 9.92. The Labute approximate surface area is 331 Å². The third-order valence-electron chi connectivity index (χ3n) is 10.3. The van der Waals surface area contributed by atoms with Crippen LogP contribution in [0.4, 0.5) is 0 Å². The van der Waals surface area contributed by atoms with E-state index in [2.05, 4.69) is 162 Å². The van der Waals surface area contributed by atoms with Gasteiger partial charge in [-0.25, -0.2) is 0 Å². The number of rotatable bonds is 2. The maximum absolute atomic E-state index is 6.35. The quantitative estimate of drug-likeness (QED) is 0.0987. The predicted octanol–water partition coefficient (Wildman–Crippen LogP) is 14.8. The van der Waals surface area contributed by atoms with Gasteiger partial charge in [0.15, 0.2) is 5.58 Å². The fraction of sp³-hybridized carbons (Fsp3) is 0. The Bertz CT molecular complexity index is 3280. The van der Waals surface area contributed by atoms with Crippen LogP contribution in [0, 0.1) is 15.4 Å². The van der Waals surface area contributed by atoms with Crippen LogP contribution < -0.4 is 0 Å². The summed E-state index contributed by atoms with van der Waals surface area (Å²) < 4.78 is 13.7. The molecule has 0 fully saturated rings. The molecule has 0 aliphatic heterocycles. The average Bonchev–Trinajstić information content (AvgIpc) is 3.83. The number of furan rings is 2. The van der Waals surface area contributed by atoms with E-state index in [1.54, 1.807) is 0 Å². The highest BCUT2D eigenvalue weighted by atomic mass is 127. The molecule has 11 rings (SSSR count). The molecule has 9 aromatic carbocycles. The van der Waals surface area contributed by atoms with Crippen molar-refractivity contribution in [1.82, 2.24) is 0 Å². The summed E-state index contributed by atoms with van der Waals surface area (Å²) in [6, 6.07) is 64.9. The highest BCUT2D eigenvalue weighted by molar-refractivity contribution is 14.1. The monoisotopic (exact) mass is 814 g/mol. The smallest absolute Gasteiger partial charge is 0.151 e. The van der Waals surface area contributed by atoms with Gasteiger partial charge < -0.3 is 8.83 Å². The van der Waals surface area contributed by atoms with Gasteiger partial charge in [-0.2, -0.15) is 0 Å². The van der Waals surface area contributed by atoms with E-state index in [0.717, 1.165) is 55.4 Å². The van der Waals surface area contributed by atoms with Gasteiger partial charge in [0.25, 0.3) is 0 Å². The summed E-state index contributed by atoms with van der Waals surface area (Å²) in [6.45, 7) is 0. The van der Waals surface area contributed by atoms with Crippen LogP contribution in [0.1, 0.15) is 11.1 Å². The van der Waals surface area contributed by atoms with Crippen LogP contribution in [0.25, 0.3) is 87.7 Å². The Morgan fingerprint density at radius 1 is 0.327 bits per heavy atom. The summed E-state index contributed by atoms with van der Waals surface area (Å²) >= 11 is 2.50. The number of fused-ring (bicyclic) bond motifs is 9. The van der Waals surface area contributed by atoms with Crippen LogP contribution in [0.2, 0.25) is 0 Å². The molecule has 11 aromatic rings. The lowest BCUT2D eigenvalue weighted by molar-refractivity contribution is 0.668. The molecule has 55 heavy (non-hydrogen) atoms. The van der Waals surface area contributed by atoms with Gasteiger partial charge in [-0.3, -0.25) is 0 Å². The van der Waals surface area contributed by atoms with E-state index in [4.69, 9.17) is 8.83 Å². The van der Waals surface area contributed by atoms with E-state index < -0.39 is 0 Å². The molecule has 0 aliphatic rings. The number of halogens is 1. The molecule has 0 bridgehead atoms. The van der Waals surface area contributed by atoms with E-state index in [9.17, 15) is 0 Å². The SMILES string of the molecule is C(#Cc1cccc2c1oc1ccccc12)c1ccccc1-c1ccccc1.Ic1c(-c2cccc3c2oc2ccccc23)c2ccccc2c2ccccc12. The minimum absolute atomic E-state index is 0.850. The van der Waals surface area contributed by atoms with Gasteiger partial charge in [0, 0.05) is 41.8 Å². The minimum atomic E-state index is 0.850. The number of benzene rings is 9. The zero-order valence-electron chi connectivity index (χ0n) is 29.6. The Kier molecular flexibility index (Phi) is 8.39. The molecule has 0 spiro atoms. The number of hydrogen-bond donors (Lipinski definition) is 0. The highest BCUT2D eigenvalue weighted by Gasteiger charge is 2.19. The molecule has 0 saturated heterocycles. The minimum Gasteiger partial charge on any atom is -0.455 e. The fourth-order valence-electron chi connectivity index (χ4n) is 7.75. The van der Waals surface area contributed by atoms with Gasteiger partial charge in [0.05, 0.1) is 5.56 Å². The Hall–Kier alpha value is -6.61. The maximum Gasteiger partial charge on any atom is 0.151 e. The molecule has 0 unspecified atom stereocenters. The first-order valence-electron chi connectivity index (χ1n) is 18.3. The van der Waals surface area contributed by atoms with Crippen molar-refractivity contribution in [2.24, 2.45) is 0 Å². The first kappa shape index (κ1) is 33.0. The first-order chi connectivity index (χ1) is 27.2. The second-order valence-corrected chi connectivity index (χ2v) is 14.6. The summed E-state index contributed by atoms with van der Waals surface area (Å²) in [5, 5.41) is 9.68. The van der Waals surface area contributed by atoms with Crippen molar-refractivity contribution in [3.8, 4) is 34.1 Å². The van der Waals surface area contributed by atoms with E-state index in [1.165, 1.54) is 47.0 Å². The van der Waals surface area contributed by atoms with E-state index in [1.807, 2.05) is 60.7 Å². The number of hydrogen-bond acceptors (Lipinski definition) is 2. The summed E-state index contributed by atoms with van der Waals surface area (Å²) in [4.78, 5) is 0. The lowest BCUT2D eigenvalue weighted by Crippen LogP contribution is -1.90. The second kappa shape index (κ2) is 14.0. The predicted molar refractivity (Wildman–Crippen MR) is 238 cm³/mol. The van der Waals surface area contributed by atoms with Crippen molar-refractivity contribution in [3.63, 3.8) is 0 Å². The third kappa shape index (κ3) is 5.83. The normalized spacial score (nSPS) is 11.2. The van der Waals surface area contributed by atoms with Gasteiger partial charge >= 0.3 is 0 Å². The van der Waals surface area contributed by atoms with Crippen molar-refractivity contribution < 1.29 is 8.83 Å². The van der Waals surface area contributed by atoms with Crippen molar-refractivity contribution in [2.45, 2.75) is 0 Å². The molecule has 2 nitrogen and oxygen atoms in total. The zero-order valence-corrected chi connectivity index (χ0v) is 31.7. The van der Waals surface area contributed by atoms with Gasteiger partial charge in [0.2, 0.25) is 0 Å². The fourth-order valence-corrected chi connectivity index (χ4v) is 8.80. The van der Waals surface area contributed by atoms with Crippen LogP contribution >= 0.6 is 22.6 Å². The summed E-state index contributed by atoms with van der Waals surface area (Å²) in [5.41, 5.74) is 10.3. The summed E-state index contributed by atoms with van der Waals surface area (Å²) in [5.74, 6) is 6.69. The van der Waals surface area contributed by atoms with Gasteiger partial charge in [-0.05, 0) is 79.5 Å². The molecule has 3 heteroatoms. The van der Waals surface area contributed by atoms with Crippen LogP contribution in [0.3, 0.4) is 0 Å². The molecular formula is C52H31IO2. The molecule has 0 amide bonds. The van der Waals surface area contributed by atoms with Crippen molar-refractivity contribution in [3.05, 3.63) is 203 Å². The molecule has 0 aliphatic carbocycles. The molecule has 258 valence electrons. The van der Waals surface area contributed by atoms with Crippen LogP contribution in [-0.4, -0.2) is 0 Å². The standard InChI is InChI=1S/C26H15IO.C26H16O/c27-25-20-12-4-2-9-17(20)16-8-1-3-11-19(16)24(25)22-14-7-13-21-18-10-5-6-15-23(18)28-26(21)22;1-2-9-19(10-3-1)22-13-5-4-11-20(22)17-18-21-12-8-15-24-23-14-6-7-16-25(23)27-26(21)24/h1-15H;1-16H. The Morgan fingerprint density at radius 3 is 1.51 bits per heavy atom. The lowest BCUT2D eigenvalue weighted by Gasteiger charge is -2.14. The summed E-state index contributed by atoms with van der Waals surface area (Å²) in [7, 11) is 0. The van der Waals surface area contributed by atoms with Crippen molar-refractivity contribution in [2.75, 3.05) is 0 Å². The van der Waals surface area contributed by atoms with Crippen LogP contribution in [0.15, 0.2) is 197 Å². The Morgan fingerprint density at radius 2 is 0.782 bits per heavy atom. The summed E-state index contributed by atoms with van der Waals surface area (Å²) in [6.07, 6.45) is 0. The van der Waals surface area contributed by atoms with E-state index in [0.29, 0.717) is 0 Å². The molecular weight excluding hydrogens is 783 g/mol. The second-order valence-electron chi connectivity index (χ2n) is 13.5. The van der Waals surface area contributed by atoms with Crippen LogP contribution in [0.5, 0.6) is 0 Å². The molecule has 2 aromatic heterocycles. The first-order valence-corrected chi connectivity index (χ1v) is 19.4. The van der Waals surface area contributed by atoms with E-state index >= 15 is 0 Å². The van der Waals surface area contributed by atoms with Gasteiger partial charge in [0.1, 0.15) is 16.7 Å². The largest absolute Gasteiger partial charge is 0.455 e. The third-order valence-corrected chi connectivity index (χ3v) is 11.4. The molecule has 0 saturated carbocycles. The zero-order chi connectivity index (χ0) is 36.7. The molecule has 2 heterocycles. The maximum atomic E-state index is 6.35. The molecule has 0 atom stereocenters. The van der Waals surface area contributed by atoms with E-state index in [-0.39, 0.29) is 0 Å². The van der Waals surface area contributed by atoms with Gasteiger partial charge in [-0.15, -0.1) is 0 Å². The number of para-hydroxylation sites is 4. The van der Waals surface area contributed by atoms with Crippen LogP contribution in [-0.2, 0) is 0 Å². The van der Waals surface area contributed by atoms with Crippen molar-refractivity contribution >= 4 is 88.0 Å². The topological polar surface area (TPSA) is 26.3 Å². The molecule has 0 N–H and O–H groups in total. The molecule has 0 radical (unpaired) electrons. The highest BCUT2D eigenvalue weighted by Crippen LogP contribution is 2.44. The van der Waals surface area contributed by atoms with Gasteiger partial charge in [-0.1, -0.05) is 176 Å². The average molecular weight is 815 g/mol.